The molecule has 0 amide bonds. The fourth-order valence-corrected chi connectivity index (χ4v) is 1.82. The summed E-state index contributed by atoms with van der Waals surface area (Å²) in [7, 11) is 0. The molecular formula is C11H16F3NO. The highest BCUT2D eigenvalue weighted by molar-refractivity contribution is 5.33. The lowest BCUT2D eigenvalue weighted by Crippen LogP contribution is -2.16. The predicted molar refractivity (Wildman–Crippen MR) is 55.1 cm³/mol. The van der Waals surface area contributed by atoms with Crippen LogP contribution in [0.3, 0.4) is 0 Å². The minimum atomic E-state index is -4.15. The summed E-state index contributed by atoms with van der Waals surface area (Å²) in [4.78, 5) is 0. The number of halogens is 3. The largest absolute Gasteiger partial charge is 0.466 e. The van der Waals surface area contributed by atoms with Gasteiger partial charge in [-0.2, -0.15) is 13.2 Å². The second kappa shape index (κ2) is 4.49. The fraction of sp³-hybridized carbons (Fsp3) is 0.636. The van der Waals surface area contributed by atoms with Crippen molar-refractivity contribution in [3.63, 3.8) is 0 Å². The average Bonchev–Trinajstić information content (AvgIpc) is 2.36. The van der Waals surface area contributed by atoms with E-state index in [2.05, 4.69) is 0 Å². The number of aryl methyl sites for hydroxylation is 2. The van der Waals surface area contributed by atoms with Crippen molar-refractivity contribution >= 4 is 0 Å². The zero-order chi connectivity index (χ0) is 12.5. The molecule has 1 atom stereocenters. The lowest BCUT2D eigenvalue weighted by molar-refractivity contribution is -0.136. The van der Waals surface area contributed by atoms with Crippen LogP contribution in [-0.4, -0.2) is 6.18 Å². The van der Waals surface area contributed by atoms with Crippen LogP contribution in [0.4, 0.5) is 13.2 Å². The van der Waals surface area contributed by atoms with Crippen molar-refractivity contribution < 1.29 is 17.6 Å². The maximum atomic E-state index is 12.1. The van der Waals surface area contributed by atoms with Gasteiger partial charge in [0.25, 0.3) is 0 Å². The molecule has 1 rings (SSSR count). The van der Waals surface area contributed by atoms with Crippen LogP contribution in [0.25, 0.3) is 0 Å². The summed E-state index contributed by atoms with van der Waals surface area (Å²) in [5.74, 6) is 1.33. The maximum absolute atomic E-state index is 12.1. The van der Waals surface area contributed by atoms with E-state index in [0.29, 0.717) is 11.3 Å². The smallest absolute Gasteiger partial charge is 0.389 e. The molecule has 0 bridgehead atoms. The van der Waals surface area contributed by atoms with E-state index < -0.39 is 18.6 Å². The summed E-state index contributed by atoms with van der Waals surface area (Å²) < 4.78 is 41.5. The Labute approximate surface area is 92.6 Å². The van der Waals surface area contributed by atoms with Gasteiger partial charge in [-0.05, 0) is 32.8 Å². The number of nitrogens with two attached hydrogens (primary N) is 1. The summed E-state index contributed by atoms with van der Waals surface area (Å²) in [6.07, 6.45) is -5.13. The number of hydrogen-bond acceptors (Lipinski definition) is 2. The first-order chi connectivity index (χ1) is 7.22. The van der Waals surface area contributed by atoms with Gasteiger partial charge in [0.1, 0.15) is 11.5 Å². The molecule has 0 radical (unpaired) electrons. The van der Waals surface area contributed by atoms with Gasteiger partial charge in [0.15, 0.2) is 0 Å². The Morgan fingerprint density at radius 3 is 2.12 bits per heavy atom. The van der Waals surface area contributed by atoms with Crippen LogP contribution in [0.5, 0.6) is 0 Å². The molecule has 0 aliphatic carbocycles. The summed E-state index contributed by atoms with van der Waals surface area (Å²) in [6.45, 7) is 5.32. The van der Waals surface area contributed by atoms with Crippen molar-refractivity contribution in [1.82, 2.24) is 0 Å². The third-order valence-corrected chi connectivity index (χ3v) is 2.73. The van der Waals surface area contributed by atoms with Crippen LogP contribution in [0.2, 0.25) is 0 Å². The van der Waals surface area contributed by atoms with Gasteiger partial charge < -0.3 is 10.2 Å². The average molecular weight is 235 g/mol. The molecule has 1 heterocycles. The van der Waals surface area contributed by atoms with E-state index in [4.69, 9.17) is 10.2 Å². The quantitative estimate of drug-likeness (QED) is 0.870. The Morgan fingerprint density at radius 2 is 1.75 bits per heavy atom. The Bertz CT molecular complexity index is 368. The molecular weight excluding hydrogens is 219 g/mol. The highest BCUT2D eigenvalue weighted by Crippen LogP contribution is 2.31. The molecule has 2 N–H and O–H groups in total. The lowest BCUT2D eigenvalue weighted by Gasteiger charge is -2.13. The SMILES string of the molecule is Cc1oc(C)c(C(N)CCC(F)(F)F)c1C. The molecule has 0 aromatic carbocycles. The molecule has 0 fully saturated rings. The summed E-state index contributed by atoms with van der Waals surface area (Å²) >= 11 is 0. The second-order valence-electron chi connectivity index (χ2n) is 4.01. The molecule has 2 nitrogen and oxygen atoms in total. The summed E-state index contributed by atoms with van der Waals surface area (Å²) in [5, 5.41) is 0. The van der Waals surface area contributed by atoms with E-state index in [-0.39, 0.29) is 6.42 Å². The zero-order valence-corrected chi connectivity index (χ0v) is 9.61. The molecule has 1 aromatic rings. The minimum absolute atomic E-state index is 0.107. The van der Waals surface area contributed by atoms with Crippen LogP contribution in [0.1, 0.15) is 41.5 Å². The first-order valence-corrected chi connectivity index (χ1v) is 5.11. The van der Waals surface area contributed by atoms with E-state index in [9.17, 15) is 13.2 Å². The molecule has 0 saturated heterocycles. The third kappa shape index (κ3) is 3.01. The van der Waals surface area contributed by atoms with Crippen molar-refractivity contribution in [2.45, 2.75) is 45.8 Å². The van der Waals surface area contributed by atoms with Crippen LogP contribution in [0.15, 0.2) is 4.42 Å². The van der Waals surface area contributed by atoms with Gasteiger partial charge in [-0.15, -0.1) is 0 Å². The first-order valence-electron chi connectivity index (χ1n) is 5.11. The Hall–Kier alpha value is -0.970. The van der Waals surface area contributed by atoms with Crippen molar-refractivity contribution in [1.29, 1.82) is 0 Å². The van der Waals surface area contributed by atoms with E-state index in [1.807, 2.05) is 6.92 Å². The fourth-order valence-electron chi connectivity index (χ4n) is 1.82. The van der Waals surface area contributed by atoms with E-state index >= 15 is 0 Å². The van der Waals surface area contributed by atoms with Gasteiger partial charge in [-0.25, -0.2) is 0 Å². The molecule has 0 saturated carbocycles. The number of hydrogen-bond donors (Lipinski definition) is 1. The minimum Gasteiger partial charge on any atom is -0.466 e. The standard InChI is InChI=1S/C11H16F3NO/c1-6-7(2)16-8(3)10(6)9(15)4-5-11(12,13)14/h9H,4-5,15H2,1-3H3. The van der Waals surface area contributed by atoms with Crippen LogP contribution >= 0.6 is 0 Å². The van der Waals surface area contributed by atoms with Crippen molar-refractivity contribution in [2.24, 2.45) is 5.73 Å². The van der Waals surface area contributed by atoms with Crippen LogP contribution in [0, 0.1) is 20.8 Å². The lowest BCUT2D eigenvalue weighted by atomic mass is 9.99. The molecule has 16 heavy (non-hydrogen) atoms. The van der Waals surface area contributed by atoms with Crippen molar-refractivity contribution in [2.75, 3.05) is 0 Å². The third-order valence-electron chi connectivity index (χ3n) is 2.73. The molecule has 1 aromatic heterocycles. The highest BCUT2D eigenvalue weighted by atomic mass is 19.4. The van der Waals surface area contributed by atoms with Gasteiger partial charge in [0.2, 0.25) is 0 Å². The molecule has 1 unspecified atom stereocenters. The highest BCUT2D eigenvalue weighted by Gasteiger charge is 2.29. The Balaban J connectivity index is 2.77. The number of rotatable bonds is 3. The van der Waals surface area contributed by atoms with Crippen LogP contribution < -0.4 is 5.73 Å². The number of alkyl halides is 3. The van der Waals surface area contributed by atoms with Crippen molar-refractivity contribution in [3.05, 3.63) is 22.6 Å². The van der Waals surface area contributed by atoms with Gasteiger partial charge in [0, 0.05) is 18.0 Å². The summed E-state index contributed by atoms with van der Waals surface area (Å²) in [5.41, 5.74) is 7.32. The maximum Gasteiger partial charge on any atom is 0.389 e. The van der Waals surface area contributed by atoms with Gasteiger partial charge in [0.05, 0.1) is 0 Å². The van der Waals surface area contributed by atoms with Crippen LogP contribution in [-0.2, 0) is 0 Å². The topological polar surface area (TPSA) is 39.2 Å². The normalized spacial score (nSPS) is 14.2. The molecule has 0 aliphatic heterocycles. The van der Waals surface area contributed by atoms with E-state index in [1.165, 1.54) is 0 Å². The Kier molecular flexibility index (Phi) is 3.68. The predicted octanol–water partition coefficient (Wildman–Crippen LogP) is 3.55. The monoisotopic (exact) mass is 235 g/mol. The van der Waals surface area contributed by atoms with Crippen molar-refractivity contribution in [3.8, 4) is 0 Å². The van der Waals surface area contributed by atoms with Gasteiger partial charge >= 0.3 is 6.18 Å². The molecule has 0 aliphatic rings. The Morgan fingerprint density at radius 1 is 1.19 bits per heavy atom. The molecule has 5 heteroatoms. The van der Waals surface area contributed by atoms with Gasteiger partial charge in [-0.1, -0.05) is 0 Å². The zero-order valence-electron chi connectivity index (χ0n) is 9.61. The molecule has 92 valence electrons. The van der Waals surface area contributed by atoms with E-state index in [1.54, 1.807) is 13.8 Å². The van der Waals surface area contributed by atoms with Gasteiger partial charge in [-0.3, -0.25) is 0 Å². The van der Waals surface area contributed by atoms with E-state index in [0.717, 1.165) is 11.3 Å². The first kappa shape index (κ1) is 13.1. The number of furan rings is 1. The molecule has 0 spiro atoms. The second-order valence-corrected chi connectivity index (χ2v) is 4.01. The summed E-state index contributed by atoms with van der Waals surface area (Å²) in [6, 6.07) is -0.612.